The van der Waals surface area contributed by atoms with Crippen molar-refractivity contribution in [2.45, 2.75) is 56.7 Å². The van der Waals surface area contributed by atoms with E-state index in [1.54, 1.807) is 36.4 Å². The van der Waals surface area contributed by atoms with E-state index < -0.39 is 21.5 Å². The van der Waals surface area contributed by atoms with Crippen LogP contribution in [0.4, 0.5) is 0 Å². The van der Waals surface area contributed by atoms with Crippen LogP contribution in [0.15, 0.2) is 65.2 Å². The van der Waals surface area contributed by atoms with Crippen molar-refractivity contribution in [3.63, 3.8) is 0 Å². The van der Waals surface area contributed by atoms with Gasteiger partial charge in [0, 0.05) is 22.6 Å². The first-order chi connectivity index (χ1) is 20.4. The highest BCUT2D eigenvalue weighted by atomic mass is 35.5. The van der Waals surface area contributed by atoms with Crippen LogP contribution in [0.2, 0.25) is 10.0 Å². The van der Waals surface area contributed by atoms with E-state index in [1.807, 2.05) is 35.9 Å². The number of carbonyl (C=O) groups is 1. The van der Waals surface area contributed by atoms with Crippen LogP contribution < -0.4 is 9.46 Å². The van der Waals surface area contributed by atoms with Gasteiger partial charge in [0.1, 0.15) is 23.8 Å². The number of aliphatic hydroxyl groups is 1. The van der Waals surface area contributed by atoms with Crippen molar-refractivity contribution in [3.05, 3.63) is 104 Å². The number of hydrogen-bond donors (Lipinski definition) is 2. The van der Waals surface area contributed by atoms with E-state index in [4.69, 9.17) is 32.5 Å². The lowest BCUT2D eigenvalue weighted by atomic mass is 9.65. The van der Waals surface area contributed by atoms with E-state index in [0.29, 0.717) is 45.8 Å². The normalized spacial score (nSPS) is 20.0. The number of nitrogens with zero attached hydrogens (tertiary/aromatic N) is 1. The van der Waals surface area contributed by atoms with Gasteiger partial charge in [-0.1, -0.05) is 58.7 Å². The monoisotopic (exact) mass is 640 g/mol. The van der Waals surface area contributed by atoms with Gasteiger partial charge in [-0.15, -0.1) is 0 Å². The van der Waals surface area contributed by atoms with Gasteiger partial charge >= 0.3 is 0 Å². The van der Waals surface area contributed by atoms with E-state index in [2.05, 4.69) is 5.16 Å². The van der Waals surface area contributed by atoms with E-state index >= 15 is 0 Å². The van der Waals surface area contributed by atoms with Crippen LogP contribution in [0.3, 0.4) is 0 Å². The van der Waals surface area contributed by atoms with Gasteiger partial charge in [-0.3, -0.25) is 4.79 Å². The van der Waals surface area contributed by atoms with Crippen LogP contribution in [0, 0.1) is 6.92 Å². The van der Waals surface area contributed by atoms with Crippen LogP contribution in [0.5, 0.6) is 5.75 Å². The molecular formula is C32H30Cl2N2O6S. The van der Waals surface area contributed by atoms with Crippen LogP contribution in [0.1, 0.15) is 75.9 Å². The molecule has 0 bridgehead atoms. The topological polar surface area (TPSA) is 119 Å². The molecule has 2 N–H and O–H groups in total. The number of carbonyl (C=O) groups excluding carboxylic acids is 1. The summed E-state index contributed by atoms with van der Waals surface area (Å²) in [6, 6.07) is 17.7. The Morgan fingerprint density at radius 2 is 1.81 bits per heavy atom. The zero-order chi connectivity index (χ0) is 30.5. The molecule has 3 aromatic carbocycles. The van der Waals surface area contributed by atoms with Crippen molar-refractivity contribution in [2.75, 3.05) is 6.26 Å². The second-order valence-electron chi connectivity index (χ2n) is 11.5. The number of aryl methyl sites for hydroxylation is 1. The molecule has 2 aliphatic carbocycles. The summed E-state index contributed by atoms with van der Waals surface area (Å²) in [5.41, 5.74) is 3.90. The van der Waals surface area contributed by atoms with Crippen LogP contribution in [-0.2, 0) is 22.2 Å². The van der Waals surface area contributed by atoms with Crippen LogP contribution >= 0.6 is 23.2 Å². The minimum atomic E-state index is -3.68. The van der Waals surface area contributed by atoms with Crippen molar-refractivity contribution in [2.24, 2.45) is 0 Å². The number of sulfonamides is 1. The summed E-state index contributed by atoms with van der Waals surface area (Å²) < 4.78 is 36.8. The van der Waals surface area contributed by atoms with E-state index in [1.165, 1.54) is 0 Å². The molecule has 11 heteroatoms. The molecule has 1 aromatic heterocycles. The molecule has 6 rings (SSSR count). The zero-order valence-corrected chi connectivity index (χ0v) is 25.9. The maximum atomic E-state index is 12.3. The van der Waals surface area contributed by atoms with E-state index in [-0.39, 0.29) is 18.1 Å². The first-order valence-corrected chi connectivity index (χ1v) is 16.6. The average molecular weight is 642 g/mol. The summed E-state index contributed by atoms with van der Waals surface area (Å²) in [5.74, 6) is 0.975. The van der Waals surface area contributed by atoms with Gasteiger partial charge in [0.05, 0.1) is 27.5 Å². The van der Waals surface area contributed by atoms with Gasteiger partial charge in [0.25, 0.3) is 5.91 Å². The number of rotatable bonds is 9. The molecular weight excluding hydrogens is 611 g/mol. The van der Waals surface area contributed by atoms with Gasteiger partial charge < -0.3 is 14.4 Å². The van der Waals surface area contributed by atoms with Crippen molar-refractivity contribution in [1.82, 2.24) is 9.88 Å². The molecule has 2 saturated carbocycles. The molecule has 0 unspecified atom stereocenters. The molecule has 8 nitrogen and oxygen atoms in total. The molecule has 0 radical (unpaired) electrons. The smallest absolute Gasteiger partial charge is 0.264 e. The fraction of sp³-hybridized carbons (Fsp3) is 0.312. The Labute approximate surface area is 260 Å². The summed E-state index contributed by atoms with van der Waals surface area (Å²) in [5, 5.41) is 16.8. The summed E-state index contributed by atoms with van der Waals surface area (Å²) in [4.78, 5) is 12.3. The third-order valence-corrected chi connectivity index (χ3v) is 9.30. The molecule has 0 atom stereocenters. The highest BCUT2D eigenvalue weighted by molar-refractivity contribution is 7.89. The van der Waals surface area contributed by atoms with Crippen molar-refractivity contribution in [3.8, 4) is 17.0 Å². The minimum Gasteiger partial charge on any atom is -0.489 e. The van der Waals surface area contributed by atoms with Gasteiger partial charge in [0.15, 0.2) is 0 Å². The summed E-state index contributed by atoms with van der Waals surface area (Å²) in [6.45, 7) is 2.21. The highest BCUT2D eigenvalue weighted by Gasteiger charge is 2.46. The Morgan fingerprint density at radius 3 is 2.49 bits per heavy atom. The number of nitrogens with one attached hydrogen (secondary N) is 1. The molecule has 4 aromatic rings. The molecule has 0 saturated heterocycles. The number of aromatic nitrogens is 1. The molecule has 1 amide bonds. The van der Waals surface area contributed by atoms with Crippen molar-refractivity contribution in [1.29, 1.82) is 0 Å². The summed E-state index contributed by atoms with van der Waals surface area (Å²) in [6.07, 6.45) is 3.81. The van der Waals surface area contributed by atoms with E-state index in [9.17, 15) is 18.3 Å². The Bertz CT molecular complexity index is 1810. The van der Waals surface area contributed by atoms with Crippen molar-refractivity contribution < 1.29 is 27.6 Å². The van der Waals surface area contributed by atoms with Gasteiger partial charge in [0.2, 0.25) is 10.0 Å². The van der Waals surface area contributed by atoms with Crippen LogP contribution in [-0.4, -0.2) is 30.8 Å². The Morgan fingerprint density at radius 1 is 1.07 bits per heavy atom. The number of amides is 1. The number of halogens is 2. The number of benzene rings is 3. The maximum Gasteiger partial charge on any atom is 0.264 e. The summed E-state index contributed by atoms with van der Waals surface area (Å²) >= 11 is 13.2. The highest BCUT2D eigenvalue weighted by Crippen LogP contribution is 2.53. The van der Waals surface area contributed by atoms with Gasteiger partial charge in [-0.05, 0) is 80.0 Å². The van der Waals surface area contributed by atoms with E-state index in [0.717, 1.165) is 47.1 Å². The summed E-state index contributed by atoms with van der Waals surface area (Å²) in [7, 11) is -3.68. The number of hydrogen-bond acceptors (Lipinski definition) is 7. The molecule has 2 aliphatic rings. The molecule has 2 fully saturated rings. The quantitative estimate of drug-likeness (QED) is 0.205. The second-order valence-corrected chi connectivity index (χ2v) is 14.0. The number of ether oxygens (including phenoxy) is 1. The third kappa shape index (κ3) is 6.17. The fourth-order valence-electron chi connectivity index (χ4n) is 5.75. The third-order valence-electron chi connectivity index (χ3n) is 8.12. The lowest BCUT2D eigenvalue weighted by Crippen LogP contribution is -2.40. The first kappa shape index (κ1) is 29.7. The predicted octanol–water partition coefficient (Wildman–Crippen LogP) is 6.87. The Hall–Kier alpha value is -3.37. The predicted molar refractivity (Wildman–Crippen MR) is 164 cm³/mol. The van der Waals surface area contributed by atoms with Crippen molar-refractivity contribution >= 4 is 39.1 Å². The molecule has 1 heterocycles. The second kappa shape index (κ2) is 11.3. The lowest BCUT2D eigenvalue weighted by Gasteiger charge is -2.45. The standard InChI is InChI=1S/C32H30Cl2N2O6S/c1-18-5-3-8-26(33)28(18)29-24(30(42-35-29)19-9-10-19)17-41-23-11-12-25(27(34)14-23)32(38)15-22(16-32)20-6-4-7-21(13-20)31(37)36-43(2,39)40/h3-8,11-14,19,22,38H,9-10,15-17H2,1-2H3,(H,36,37)/t22-,32-. The van der Waals surface area contributed by atoms with Crippen LogP contribution in [0.25, 0.3) is 11.3 Å². The minimum absolute atomic E-state index is 0.0240. The first-order valence-electron chi connectivity index (χ1n) is 13.9. The molecule has 224 valence electrons. The average Bonchev–Trinajstić information content (AvgIpc) is 3.69. The molecule has 0 spiro atoms. The largest absolute Gasteiger partial charge is 0.489 e. The Kier molecular flexibility index (Phi) is 7.79. The maximum absolute atomic E-state index is 12.3. The fourth-order valence-corrected chi connectivity index (χ4v) is 6.86. The zero-order valence-electron chi connectivity index (χ0n) is 23.6. The SMILES string of the molecule is Cc1cccc(Cl)c1-c1noc(C2CC2)c1COc1ccc([C@]2(O)C[C@H](c3cccc(C(=O)NS(C)(=O)=O)c3)C2)c(Cl)c1. The van der Waals surface area contributed by atoms with Gasteiger partial charge in [-0.2, -0.15) is 0 Å². The molecule has 43 heavy (non-hydrogen) atoms. The van der Waals surface area contributed by atoms with Gasteiger partial charge in [-0.25, -0.2) is 13.1 Å². The Balaban J connectivity index is 1.16. The lowest BCUT2D eigenvalue weighted by molar-refractivity contribution is -0.0549. The molecule has 0 aliphatic heterocycles.